The van der Waals surface area contributed by atoms with E-state index in [0.29, 0.717) is 24.5 Å². The zero-order valence-corrected chi connectivity index (χ0v) is 14.6. The number of nitrogens with one attached hydrogen (secondary N) is 1. The second-order valence-electron chi connectivity index (χ2n) is 5.73. The zero-order valence-electron chi connectivity index (χ0n) is 14.6. The number of phenolic OH excluding ortho intramolecular Hbond substituents is 2. The summed E-state index contributed by atoms with van der Waals surface area (Å²) in [6.45, 7) is 2.29. The normalized spacial score (nSPS) is 10.4. The molecule has 0 spiro atoms. The van der Waals surface area contributed by atoms with E-state index in [0.717, 1.165) is 16.7 Å². The summed E-state index contributed by atoms with van der Waals surface area (Å²) in [6.07, 6.45) is 0.803. The minimum atomic E-state index is -0.155. The van der Waals surface area contributed by atoms with Gasteiger partial charge in [-0.15, -0.1) is 0 Å². The predicted molar refractivity (Wildman–Crippen MR) is 94.5 cm³/mol. The van der Waals surface area contributed by atoms with Crippen molar-refractivity contribution in [2.45, 2.75) is 19.8 Å². The summed E-state index contributed by atoms with van der Waals surface area (Å²) < 4.78 is 10.4. The van der Waals surface area contributed by atoms with Gasteiger partial charge in [0.1, 0.15) is 0 Å². The molecule has 2 aromatic carbocycles. The number of aryl methyl sites for hydroxylation is 1. The van der Waals surface area contributed by atoms with E-state index in [1.54, 1.807) is 26.4 Å². The van der Waals surface area contributed by atoms with Crippen LogP contribution in [0.1, 0.15) is 16.7 Å². The number of rotatable bonds is 7. The minimum absolute atomic E-state index is 0.104. The minimum Gasteiger partial charge on any atom is -0.504 e. The molecule has 134 valence electrons. The summed E-state index contributed by atoms with van der Waals surface area (Å²) >= 11 is 0. The Morgan fingerprint density at radius 3 is 2.40 bits per heavy atom. The monoisotopic (exact) mass is 345 g/mol. The third-order valence-electron chi connectivity index (χ3n) is 3.96. The molecule has 0 aromatic heterocycles. The van der Waals surface area contributed by atoms with Gasteiger partial charge in [-0.1, -0.05) is 6.07 Å². The number of carbonyl (C=O) groups excluding carboxylic acids is 1. The third-order valence-corrected chi connectivity index (χ3v) is 3.96. The van der Waals surface area contributed by atoms with Crippen molar-refractivity contribution in [1.82, 2.24) is 5.32 Å². The van der Waals surface area contributed by atoms with Crippen LogP contribution in [0.2, 0.25) is 0 Å². The average molecular weight is 345 g/mol. The van der Waals surface area contributed by atoms with Gasteiger partial charge in [0.05, 0.1) is 20.6 Å². The molecule has 2 aromatic rings. The Kier molecular flexibility index (Phi) is 6.11. The molecule has 25 heavy (non-hydrogen) atoms. The van der Waals surface area contributed by atoms with Crippen LogP contribution < -0.4 is 14.8 Å². The van der Waals surface area contributed by atoms with Gasteiger partial charge in [-0.25, -0.2) is 0 Å². The highest BCUT2D eigenvalue weighted by molar-refractivity contribution is 5.78. The van der Waals surface area contributed by atoms with Gasteiger partial charge in [-0.2, -0.15) is 0 Å². The Morgan fingerprint density at radius 2 is 1.72 bits per heavy atom. The molecule has 1 amide bonds. The molecule has 0 fully saturated rings. The lowest BCUT2D eigenvalue weighted by Gasteiger charge is -2.11. The van der Waals surface area contributed by atoms with Crippen LogP contribution in [0.4, 0.5) is 0 Å². The first-order chi connectivity index (χ1) is 11.9. The van der Waals surface area contributed by atoms with Crippen LogP contribution >= 0.6 is 0 Å². The number of hydrogen-bond acceptors (Lipinski definition) is 5. The van der Waals surface area contributed by atoms with E-state index in [2.05, 4.69) is 5.32 Å². The van der Waals surface area contributed by atoms with Gasteiger partial charge in [0.2, 0.25) is 5.91 Å². The van der Waals surface area contributed by atoms with Crippen molar-refractivity contribution in [2.75, 3.05) is 20.8 Å². The first-order valence-electron chi connectivity index (χ1n) is 7.93. The van der Waals surface area contributed by atoms with Gasteiger partial charge in [0.25, 0.3) is 0 Å². The highest BCUT2D eigenvalue weighted by Gasteiger charge is 2.09. The zero-order chi connectivity index (χ0) is 18.4. The number of amides is 1. The number of aromatic hydroxyl groups is 2. The van der Waals surface area contributed by atoms with Crippen molar-refractivity contribution >= 4 is 5.91 Å². The molecular formula is C19H23NO5. The first kappa shape index (κ1) is 18.4. The highest BCUT2D eigenvalue weighted by atomic mass is 16.5. The largest absolute Gasteiger partial charge is 0.504 e. The SMILES string of the molecule is COc1ccc(CC(=O)NCCc2cc(O)c(O)cc2C)cc1OC. The van der Waals surface area contributed by atoms with Crippen LogP contribution in [0.25, 0.3) is 0 Å². The highest BCUT2D eigenvalue weighted by Crippen LogP contribution is 2.28. The maximum Gasteiger partial charge on any atom is 0.224 e. The van der Waals surface area contributed by atoms with Gasteiger partial charge in [0.15, 0.2) is 23.0 Å². The molecule has 2 rings (SSSR count). The lowest BCUT2D eigenvalue weighted by atomic mass is 10.0. The summed E-state index contributed by atoms with van der Waals surface area (Å²) in [4.78, 5) is 12.1. The van der Waals surface area contributed by atoms with Gasteiger partial charge in [0, 0.05) is 6.54 Å². The summed E-state index contributed by atoms with van der Waals surface area (Å²) in [5.41, 5.74) is 2.57. The van der Waals surface area contributed by atoms with E-state index in [-0.39, 0.29) is 23.8 Å². The van der Waals surface area contributed by atoms with Gasteiger partial charge in [-0.05, 0) is 54.3 Å². The quantitative estimate of drug-likeness (QED) is 0.670. The fourth-order valence-corrected chi connectivity index (χ4v) is 2.57. The Balaban J connectivity index is 1.90. The van der Waals surface area contributed by atoms with E-state index < -0.39 is 0 Å². The van der Waals surface area contributed by atoms with Crippen molar-refractivity contribution in [3.05, 3.63) is 47.0 Å². The van der Waals surface area contributed by atoms with E-state index in [1.807, 2.05) is 13.0 Å². The average Bonchev–Trinajstić information content (AvgIpc) is 2.59. The van der Waals surface area contributed by atoms with Crippen LogP contribution in [-0.4, -0.2) is 36.9 Å². The lowest BCUT2D eigenvalue weighted by Crippen LogP contribution is -2.27. The summed E-state index contributed by atoms with van der Waals surface area (Å²) in [7, 11) is 3.12. The molecule has 6 heteroatoms. The van der Waals surface area contributed by atoms with Crippen molar-refractivity contribution < 1.29 is 24.5 Å². The van der Waals surface area contributed by atoms with Gasteiger partial charge in [-0.3, -0.25) is 4.79 Å². The van der Waals surface area contributed by atoms with E-state index in [4.69, 9.17) is 9.47 Å². The molecule has 0 heterocycles. The Bertz CT molecular complexity index is 758. The fourth-order valence-electron chi connectivity index (χ4n) is 2.57. The molecule has 0 unspecified atom stereocenters. The molecular weight excluding hydrogens is 322 g/mol. The van der Waals surface area contributed by atoms with Crippen LogP contribution in [-0.2, 0) is 17.6 Å². The molecule has 0 saturated heterocycles. The fraction of sp³-hybridized carbons (Fsp3) is 0.316. The summed E-state index contributed by atoms with van der Waals surface area (Å²) in [6, 6.07) is 8.40. The Labute approximate surface area is 147 Å². The van der Waals surface area contributed by atoms with E-state index in [1.165, 1.54) is 12.1 Å². The maximum atomic E-state index is 12.1. The maximum absolute atomic E-state index is 12.1. The molecule has 0 aliphatic rings. The van der Waals surface area contributed by atoms with Gasteiger partial charge >= 0.3 is 0 Å². The lowest BCUT2D eigenvalue weighted by molar-refractivity contribution is -0.120. The number of ether oxygens (including phenoxy) is 2. The van der Waals surface area contributed by atoms with Gasteiger partial charge < -0.3 is 25.0 Å². The molecule has 0 atom stereocenters. The first-order valence-corrected chi connectivity index (χ1v) is 7.93. The van der Waals surface area contributed by atoms with Crippen molar-refractivity contribution in [2.24, 2.45) is 0 Å². The van der Waals surface area contributed by atoms with Crippen molar-refractivity contribution in [1.29, 1.82) is 0 Å². The standard InChI is InChI=1S/C19H23NO5/c1-12-8-15(21)16(22)11-14(12)6-7-20-19(23)10-13-4-5-17(24-2)18(9-13)25-3/h4-5,8-9,11,21-22H,6-7,10H2,1-3H3,(H,20,23). The van der Waals surface area contributed by atoms with E-state index in [9.17, 15) is 15.0 Å². The number of phenols is 2. The Morgan fingerprint density at radius 1 is 1.04 bits per heavy atom. The van der Waals surface area contributed by atoms with Crippen LogP contribution in [0, 0.1) is 6.92 Å². The molecule has 6 nitrogen and oxygen atoms in total. The van der Waals surface area contributed by atoms with Crippen molar-refractivity contribution in [3.63, 3.8) is 0 Å². The van der Waals surface area contributed by atoms with E-state index >= 15 is 0 Å². The predicted octanol–water partition coefficient (Wildman–Crippen LogP) is 2.32. The molecule has 0 bridgehead atoms. The van der Waals surface area contributed by atoms with Crippen molar-refractivity contribution in [3.8, 4) is 23.0 Å². The number of methoxy groups -OCH3 is 2. The van der Waals surface area contributed by atoms with Crippen LogP contribution in [0.5, 0.6) is 23.0 Å². The molecule has 3 N–H and O–H groups in total. The number of benzene rings is 2. The second kappa shape index (κ2) is 8.28. The number of hydrogen-bond donors (Lipinski definition) is 3. The smallest absolute Gasteiger partial charge is 0.224 e. The topological polar surface area (TPSA) is 88.0 Å². The summed E-state index contributed by atoms with van der Waals surface area (Å²) in [5.74, 6) is 0.807. The Hall–Kier alpha value is -2.89. The second-order valence-corrected chi connectivity index (χ2v) is 5.73. The third kappa shape index (κ3) is 4.79. The molecule has 0 aliphatic carbocycles. The molecule has 0 saturated carbocycles. The number of carbonyl (C=O) groups is 1. The van der Waals surface area contributed by atoms with Crippen LogP contribution in [0.3, 0.4) is 0 Å². The summed E-state index contributed by atoms with van der Waals surface area (Å²) in [5, 5.41) is 21.9. The van der Waals surface area contributed by atoms with Crippen LogP contribution in [0.15, 0.2) is 30.3 Å². The molecule has 0 aliphatic heterocycles. The molecule has 0 radical (unpaired) electrons.